The molecule has 110 valence electrons. The van der Waals surface area contributed by atoms with Crippen LogP contribution in [0, 0.1) is 18.3 Å². The second kappa shape index (κ2) is 5.83. The van der Waals surface area contributed by atoms with Crippen LogP contribution in [0.2, 0.25) is 0 Å². The minimum Gasteiger partial charge on any atom is -0.492 e. The van der Waals surface area contributed by atoms with E-state index >= 15 is 0 Å². The smallest absolute Gasteiger partial charge is 0.436 e. The van der Waals surface area contributed by atoms with Crippen molar-refractivity contribution < 1.29 is 17.9 Å². The second-order valence-corrected chi connectivity index (χ2v) is 4.28. The van der Waals surface area contributed by atoms with Crippen LogP contribution in [0.25, 0.3) is 0 Å². The van der Waals surface area contributed by atoms with Crippen LogP contribution in [-0.2, 0) is 12.7 Å². The van der Waals surface area contributed by atoms with Gasteiger partial charge in [-0.1, -0.05) is 17.3 Å². The molecule has 0 saturated heterocycles. The lowest BCUT2D eigenvalue weighted by Crippen LogP contribution is -2.19. The Labute approximate surface area is 118 Å². The van der Waals surface area contributed by atoms with E-state index in [-0.39, 0.29) is 13.2 Å². The van der Waals surface area contributed by atoms with E-state index in [2.05, 4.69) is 10.3 Å². The summed E-state index contributed by atoms with van der Waals surface area (Å²) in [5.74, 6) is 0.559. The van der Waals surface area contributed by atoms with Crippen LogP contribution in [-0.4, -0.2) is 21.6 Å². The van der Waals surface area contributed by atoms with Crippen molar-refractivity contribution >= 4 is 0 Å². The summed E-state index contributed by atoms with van der Waals surface area (Å²) < 4.78 is 44.5. The predicted molar refractivity (Wildman–Crippen MR) is 66.4 cm³/mol. The summed E-state index contributed by atoms with van der Waals surface area (Å²) in [6.45, 7) is 1.71. The SMILES string of the molecule is Cc1cccc(OCCn2nnc(C#N)c2C(F)(F)F)c1. The number of nitriles is 1. The van der Waals surface area contributed by atoms with Gasteiger partial charge in [-0.15, -0.1) is 5.10 Å². The molecule has 2 aromatic rings. The molecular formula is C13H11F3N4O. The number of benzene rings is 1. The van der Waals surface area contributed by atoms with Gasteiger partial charge in [0.15, 0.2) is 11.4 Å². The highest BCUT2D eigenvalue weighted by Crippen LogP contribution is 2.30. The average molecular weight is 296 g/mol. The Morgan fingerprint density at radius 2 is 2.14 bits per heavy atom. The molecule has 1 heterocycles. The third-order valence-electron chi connectivity index (χ3n) is 2.67. The molecular weight excluding hydrogens is 285 g/mol. The van der Waals surface area contributed by atoms with E-state index in [1.165, 1.54) is 6.07 Å². The lowest BCUT2D eigenvalue weighted by Gasteiger charge is -2.10. The topological polar surface area (TPSA) is 63.7 Å². The molecule has 8 heteroatoms. The van der Waals surface area contributed by atoms with E-state index in [4.69, 9.17) is 10.00 Å². The van der Waals surface area contributed by atoms with Crippen molar-refractivity contribution in [2.75, 3.05) is 6.61 Å². The van der Waals surface area contributed by atoms with Gasteiger partial charge in [0, 0.05) is 0 Å². The number of alkyl halides is 3. The first-order chi connectivity index (χ1) is 9.91. The van der Waals surface area contributed by atoms with Gasteiger partial charge in [-0.05, 0) is 24.6 Å². The fourth-order valence-corrected chi connectivity index (χ4v) is 1.78. The van der Waals surface area contributed by atoms with Crippen LogP contribution in [0.15, 0.2) is 24.3 Å². The molecule has 0 spiro atoms. The van der Waals surface area contributed by atoms with E-state index in [9.17, 15) is 13.2 Å². The van der Waals surface area contributed by atoms with Crippen LogP contribution < -0.4 is 4.74 Å². The molecule has 0 radical (unpaired) electrons. The highest BCUT2D eigenvalue weighted by molar-refractivity contribution is 5.28. The summed E-state index contributed by atoms with van der Waals surface area (Å²) in [6, 6.07) is 8.53. The number of halogens is 3. The van der Waals surface area contributed by atoms with Crippen LogP contribution in [0.1, 0.15) is 17.0 Å². The molecule has 1 aromatic carbocycles. The van der Waals surface area contributed by atoms with E-state index in [1.54, 1.807) is 18.2 Å². The largest absolute Gasteiger partial charge is 0.492 e. The zero-order valence-corrected chi connectivity index (χ0v) is 11.1. The minimum absolute atomic E-state index is 0.0131. The Balaban J connectivity index is 2.08. The number of hydrogen-bond donors (Lipinski definition) is 0. The number of hydrogen-bond acceptors (Lipinski definition) is 4. The summed E-state index contributed by atoms with van der Waals surface area (Å²) in [7, 11) is 0. The highest BCUT2D eigenvalue weighted by atomic mass is 19.4. The van der Waals surface area contributed by atoms with Gasteiger partial charge in [-0.3, -0.25) is 0 Å². The van der Waals surface area contributed by atoms with Crippen LogP contribution >= 0.6 is 0 Å². The van der Waals surface area contributed by atoms with Gasteiger partial charge in [0.05, 0.1) is 6.54 Å². The second-order valence-electron chi connectivity index (χ2n) is 4.28. The molecule has 1 aromatic heterocycles. The van der Waals surface area contributed by atoms with Gasteiger partial charge in [0.1, 0.15) is 18.4 Å². The van der Waals surface area contributed by atoms with E-state index in [1.807, 2.05) is 13.0 Å². The number of ether oxygens (including phenoxy) is 1. The average Bonchev–Trinajstić information content (AvgIpc) is 2.82. The normalized spacial score (nSPS) is 11.2. The number of aromatic nitrogens is 3. The third-order valence-corrected chi connectivity index (χ3v) is 2.67. The van der Waals surface area contributed by atoms with E-state index < -0.39 is 17.6 Å². The van der Waals surface area contributed by atoms with Gasteiger partial charge in [0.2, 0.25) is 0 Å². The lowest BCUT2D eigenvalue weighted by atomic mass is 10.2. The maximum absolute atomic E-state index is 12.8. The fourth-order valence-electron chi connectivity index (χ4n) is 1.78. The zero-order chi connectivity index (χ0) is 15.5. The molecule has 0 unspecified atom stereocenters. The van der Waals surface area contributed by atoms with Crippen molar-refractivity contribution in [3.05, 3.63) is 41.2 Å². The first-order valence-electron chi connectivity index (χ1n) is 6.02. The standard InChI is InChI=1S/C13H11F3N4O/c1-9-3-2-4-10(7-9)21-6-5-20-12(13(14,15)16)11(8-17)18-19-20/h2-4,7H,5-6H2,1H3. The minimum atomic E-state index is -4.68. The molecule has 2 rings (SSSR count). The summed E-state index contributed by atoms with van der Waals surface area (Å²) >= 11 is 0. The Kier molecular flexibility index (Phi) is 4.12. The number of nitrogens with zero attached hydrogens (tertiary/aromatic N) is 4. The molecule has 0 aliphatic carbocycles. The van der Waals surface area contributed by atoms with Crippen LogP contribution in [0.4, 0.5) is 13.2 Å². The van der Waals surface area contributed by atoms with E-state index in [0.29, 0.717) is 10.4 Å². The van der Waals surface area contributed by atoms with Crippen LogP contribution in [0.5, 0.6) is 5.75 Å². The molecule has 0 aliphatic heterocycles. The maximum Gasteiger partial charge on any atom is 0.436 e. The summed E-state index contributed by atoms with van der Waals surface area (Å²) in [5.41, 5.74) is -0.910. The Hall–Kier alpha value is -2.56. The molecule has 5 nitrogen and oxygen atoms in total. The predicted octanol–water partition coefficient (Wildman–Crippen LogP) is 2.56. The monoisotopic (exact) mass is 296 g/mol. The summed E-state index contributed by atoms with van der Waals surface area (Å²) in [6.07, 6.45) is -4.68. The van der Waals surface area contributed by atoms with Crippen molar-refractivity contribution in [2.45, 2.75) is 19.6 Å². The van der Waals surface area contributed by atoms with Crippen molar-refractivity contribution in [3.8, 4) is 11.8 Å². The fraction of sp³-hybridized carbons (Fsp3) is 0.308. The summed E-state index contributed by atoms with van der Waals surface area (Å²) in [4.78, 5) is 0. The van der Waals surface area contributed by atoms with Gasteiger partial charge in [0.25, 0.3) is 0 Å². The Bertz CT molecular complexity index is 673. The third kappa shape index (κ3) is 3.51. The van der Waals surface area contributed by atoms with Crippen molar-refractivity contribution in [1.82, 2.24) is 15.0 Å². The van der Waals surface area contributed by atoms with E-state index in [0.717, 1.165) is 5.56 Å². The van der Waals surface area contributed by atoms with Crippen LogP contribution in [0.3, 0.4) is 0 Å². The van der Waals surface area contributed by atoms with Crippen molar-refractivity contribution in [1.29, 1.82) is 5.26 Å². The molecule has 0 atom stereocenters. The molecule has 0 saturated carbocycles. The summed E-state index contributed by atoms with van der Waals surface area (Å²) in [5, 5.41) is 15.2. The number of rotatable bonds is 4. The molecule has 0 amide bonds. The van der Waals surface area contributed by atoms with Gasteiger partial charge >= 0.3 is 6.18 Å². The maximum atomic E-state index is 12.8. The van der Waals surface area contributed by atoms with Gasteiger partial charge < -0.3 is 4.74 Å². The molecule has 0 aliphatic rings. The molecule has 21 heavy (non-hydrogen) atoms. The molecule has 0 bridgehead atoms. The highest BCUT2D eigenvalue weighted by Gasteiger charge is 2.39. The van der Waals surface area contributed by atoms with Crippen molar-refractivity contribution in [3.63, 3.8) is 0 Å². The quantitative estimate of drug-likeness (QED) is 0.869. The first-order valence-corrected chi connectivity index (χ1v) is 6.02. The Morgan fingerprint density at radius 3 is 2.76 bits per heavy atom. The number of aryl methyl sites for hydroxylation is 1. The lowest BCUT2D eigenvalue weighted by molar-refractivity contribution is -0.144. The molecule has 0 fully saturated rings. The Morgan fingerprint density at radius 1 is 1.38 bits per heavy atom. The zero-order valence-electron chi connectivity index (χ0n) is 11.1. The van der Waals surface area contributed by atoms with Crippen molar-refractivity contribution in [2.24, 2.45) is 0 Å². The molecule has 0 N–H and O–H groups in total. The van der Waals surface area contributed by atoms with Gasteiger partial charge in [-0.25, -0.2) is 4.68 Å². The van der Waals surface area contributed by atoms with Gasteiger partial charge in [-0.2, -0.15) is 18.4 Å². The first kappa shape index (κ1) is 14.8.